The van der Waals surface area contributed by atoms with Gasteiger partial charge in [0.25, 0.3) is 0 Å². The molecule has 76 valence electrons. The number of ether oxygens (including phenoxy) is 1. The maximum Gasteiger partial charge on any atom is 0.407 e. The highest BCUT2D eigenvalue weighted by atomic mass is 16.5. The number of carboxylic acid groups (broad SMARTS) is 1. The minimum absolute atomic E-state index is 0.0374. The number of rotatable bonds is 1. The first kappa shape index (κ1) is 9.28. The van der Waals surface area contributed by atoms with E-state index in [1.807, 2.05) is 0 Å². The summed E-state index contributed by atoms with van der Waals surface area (Å²) < 4.78 is 5.30. The van der Waals surface area contributed by atoms with Crippen LogP contribution < -0.4 is 0 Å². The third-order valence-corrected chi connectivity index (χ3v) is 3.04. The molecule has 2 bridgehead atoms. The summed E-state index contributed by atoms with van der Waals surface area (Å²) in [5.74, 6) is 0.156. The Morgan fingerprint density at radius 2 is 2.43 bits per heavy atom. The van der Waals surface area contributed by atoms with Gasteiger partial charge in [-0.1, -0.05) is 0 Å². The third kappa shape index (κ3) is 1.32. The Morgan fingerprint density at radius 3 is 3.00 bits per heavy atom. The molecular formula is C9H12N2O3. The maximum atomic E-state index is 11.0. The second-order valence-corrected chi connectivity index (χ2v) is 3.81. The Kier molecular flexibility index (Phi) is 2.30. The normalized spacial score (nSPS) is 35.4. The van der Waals surface area contributed by atoms with Gasteiger partial charge in [0.15, 0.2) is 0 Å². The molecule has 1 amide bonds. The van der Waals surface area contributed by atoms with E-state index in [-0.39, 0.29) is 18.0 Å². The highest BCUT2D eigenvalue weighted by Crippen LogP contribution is 2.35. The van der Waals surface area contributed by atoms with Crippen LogP contribution in [-0.2, 0) is 4.74 Å². The smallest absolute Gasteiger partial charge is 0.407 e. The molecule has 0 aromatic heterocycles. The van der Waals surface area contributed by atoms with E-state index in [1.54, 1.807) is 0 Å². The van der Waals surface area contributed by atoms with Crippen molar-refractivity contribution in [1.29, 1.82) is 5.26 Å². The lowest BCUT2D eigenvalue weighted by Crippen LogP contribution is -2.49. The average molecular weight is 196 g/mol. The molecule has 0 aromatic rings. The number of nitrogens with zero attached hydrogens (tertiary/aromatic N) is 2. The summed E-state index contributed by atoms with van der Waals surface area (Å²) in [5.41, 5.74) is 0. The van der Waals surface area contributed by atoms with E-state index in [0.717, 1.165) is 6.42 Å². The predicted molar refractivity (Wildman–Crippen MR) is 46.6 cm³/mol. The Bertz CT molecular complexity index is 286. The molecule has 2 fully saturated rings. The maximum absolute atomic E-state index is 11.0. The minimum atomic E-state index is -0.885. The van der Waals surface area contributed by atoms with Crippen LogP contribution in [0, 0.1) is 17.2 Å². The van der Waals surface area contributed by atoms with Gasteiger partial charge in [0, 0.05) is 6.42 Å². The molecule has 2 aliphatic rings. The van der Waals surface area contributed by atoms with Crippen LogP contribution in [0.5, 0.6) is 0 Å². The van der Waals surface area contributed by atoms with Crippen LogP contribution >= 0.6 is 0 Å². The van der Waals surface area contributed by atoms with Crippen molar-refractivity contribution < 1.29 is 14.6 Å². The molecule has 3 atom stereocenters. The number of morpholine rings is 1. The van der Waals surface area contributed by atoms with Gasteiger partial charge in [-0.25, -0.2) is 4.79 Å². The van der Waals surface area contributed by atoms with Gasteiger partial charge in [-0.15, -0.1) is 0 Å². The second-order valence-electron chi connectivity index (χ2n) is 3.81. The van der Waals surface area contributed by atoms with Crippen LogP contribution in [0.3, 0.4) is 0 Å². The van der Waals surface area contributed by atoms with Crippen molar-refractivity contribution in [3.8, 4) is 6.07 Å². The zero-order chi connectivity index (χ0) is 10.1. The molecule has 1 N–H and O–H groups in total. The van der Waals surface area contributed by atoms with Gasteiger partial charge in [-0.2, -0.15) is 5.26 Å². The highest BCUT2D eigenvalue weighted by Gasteiger charge is 2.46. The van der Waals surface area contributed by atoms with Crippen LogP contribution in [0.1, 0.15) is 12.8 Å². The first-order valence-electron chi connectivity index (χ1n) is 4.70. The zero-order valence-electron chi connectivity index (χ0n) is 7.72. The van der Waals surface area contributed by atoms with Crippen LogP contribution in [0.4, 0.5) is 4.79 Å². The largest absolute Gasteiger partial charge is 0.465 e. The number of nitriles is 1. The van der Waals surface area contributed by atoms with Crippen molar-refractivity contribution in [2.24, 2.45) is 5.92 Å². The summed E-state index contributed by atoms with van der Waals surface area (Å²) in [6.45, 7) is 0.917. The molecule has 5 nitrogen and oxygen atoms in total. The molecule has 2 saturated heterocycles. The van der Waals surface area contributed by atoms with Crippen LogP contribution in [0.2, 0.25) is 0 Å². The van der Waals surface area contributed by atoms with Crippen molar-refractivity contribution in [2.75, 3.05) is 13.2 Å². The summed E-state index contributed by atoms with van der Waals surface area (Å²) in [6.07, 6.45) is 0.308. The Balaban J connectivity index is 2.15. The van der Waals surface area contributed by atoms with Gasteiger partial charge < -0.3 is 9.84 Å². The summed E-state index contributed by atoms with van der Waals surface area (Å²) >= 11 is 0. The van der Waals surface area contributed by atoms with Gasteiger partial charge in [0.05, 0.1) is 31.4 Å². The summed E-state index contributed by atoms with van der Waals surface area (Å²) in [5, 5.41) is 17.6. The molecule has 2 rings (SSSR count). The van der Waals surface area contributed by atoms with E-state index in [1.165, 1.54) is 4.90 Å². The lowest BCUT2D eigenvalue weighted by molar-refractivity contribution is -0.0111. The monoisotopic (exact) mass is 196 g/mol. The van der Waals surface area contributed by atoms with Crippen molar-refractivity contribution in [1.82, 2.24) is 4.90 Å². The van der Waals surface area contributed by atoms with E-state index in [2.05, 4.69) is 6.07 Å². The van der Waals surface area contributed by atoms with Crippen molar-refractivity contribution >= 4 is 6.09 Å². The molecule has 14 heavy (non-hydrogen) atoms. The quantitative estimate of drug-likeness (QED) is 0.668. The Labute approximate surface area is 81.9 Å². The number of carbonyl (C=O) groups is 1. The molecule has 2 heterocycles. The fraction of sp³-hybridized carbons (Fsp3) is 0.778. The molecule has 0 aliphatic carbocycles. The lowest BCUT2D eigenvalue weighted by atomic mass is 9.97. The number of amides is 1. The minimum Gasteiger partial charge on any atom is -0.465 e. The van der Waals surface area contributed by atoms with E-state index in [4.69, 9.17) is 15.1 Å². The van der Waals surface area contributed by atoms with Gasteiger partial charge >= 0.3 is 6.09 Å². The molecule has 5 heteroatoms. The first-order chi connectivity index (χ1) is 6.74. The fourth-order valence-corrected chi connectivity index (χ4v) is 2.44. The van der Waals surface area contributed by atoms with Crippen molar-refractivity contribution in [3.63, 3.8) is 0 Å². The van der Waals surface area contributed by atoms with Crippen molar-refractivity contribution in [3.05, 3.63) is 0 Å². The van der Waals surface area contributed by atoms with E-state index in [0.29, 0.717) is 19.6 Å². The molecular weight excluding hydrogens is 184 g/mol. The summed E-state index contributed by atoms with van der Waals surface area (Å²) in [4.78, 5) is 12.4. The van der Waals surface area contributed by atoms with E-state index < -0.39 is 6.09 Å². The molecule has 2 aliphatic heterocycles. The Morgan fingerprint density at radius 1 is 1.64 bits per heavy atom. The van der Waals surface area contributed by atoms with Crippen LogP contribution in [0.25, 0.3) is 0 Å². The summed E-state index contributed by atoms with van der Waals surface area (Å²) in [7, 11) is 0. The topological polar surface area (TPSA) is 73.6 Å². The Hall–Kier alpha value is -1.28. The number of hydrogen-bond acceptors (Lipinski definition) is 3. The second kappa shape index (κ2) is 3.46. The average Bonchev–Trinajstić information content (AvgIpc) is 2.36. The molecule has 0 saturated carbocycles. The number of fused-ring (bicyclic) bond motifs is 2. The van der Waals surface area contributed by atoms with E-state index >= 15 is 0 Å². The van der Waals surface area contributed by atoms with Crippen LogP contribution in [0.15, 0.2) is 0 Å². The SMILES string of the molecule is N#CC[C@@H]1CC2COCC1N2C(=O)O. The summed E-state index contributed by atoms with van der Waals surface area (Å²) in [6, 6.07) is 1.96. The fourth-order valence-electron chi connectivity index (χ4n) is 2.44. The zero-order valence-corrected chi connectivity index (χ0v) is 7.72. The van der Waals surface area contributed by atoms with Gasteiger partial charge in [-0.05, 0) is 12.3 Å². The van der Waals surface area contributed by atoms with Gasteiger partial charge in [0.2, 0.25) is 0 Å². The first-order valence-corrected chi connectivity index (χ1v) is 4.70. The predicted octanol–water partition coefficient (Wildman–Crippen LogP) is 0.667. The van der Waals surface area contributed by atoms with E-state index in [9.17, 15) is 4.79 Å². The third-order valence-electron chi connectivity index (χ3n) is 3.04. The van der Waals surface area contributed by atoms with Gasteiger partial charge in [0.1, 0.15) is 0 Å². The lowest BCUT2D eigenvalue weighted by Gasteiger charge is -2.33. The molecule has 0 aromatic carbocycles. The number of hydrogen-bond donors (Lipinski definition) is 1. The standard InChI is InChI=1S/C9H12N2O3/c10-2-1-6-3-7-4-14-5-8(6)11(7)9(12)13/h6-8H,1,3-5H2,(H,12,13)/t6-,7?,8?/m1/s1. The molecule has 0 radical (unpaired) electrons. The van der Waals surface area contributed by atoms with Crippen LogP contribution in [-0.4, -0.2) is 41.4 Å². The van der Waals surface area contributed by atoms with Gasteiger partial charge in [-0.3, -0.25) is 4.90 Å². The molecule has 0 spiro atoms. The highest BCUT2D eigenvalue weighted by molar-refractivity contribution is 5.66. The van der Waals surface area contributed by atoms with Crippen molar-refractivity contribution in [2.45, 2.75) is 24.9 Å². The molecule has 2 unspecified atom stereocenters.